The minimum absolute atomic E-state index is 0.0625. The topological polar surface area (TPSA) is 125 Å². The zero-order valence-electron chi connectivity index (χ0n) is 22.8. The number of hydrogen-bond acceptors (Lipinski definition) is 7. The molecule has 5 bridgehead atoms. The molecule has 4 heterocycles. The molecule has 11 heteroatoms. The summed E-state index contributed by atoms with van der Waals surface area (Å²) in [5, 5.41) is 12.0. The van der Waals surface area contributed by atoms with Crippen LogP contribution in [0.1, 0.15) is 58.8 Å². The molecule has 0 unspecified atom stereocenters. The molecular formula is C28H40BrN3O7. The molecule has 0 aromatic rings. The number of carbonyl (C=O) groups excluding carboxylic acids is 4. The molecular weight excluding hydrogens is 570 g/mol. The van der Waals surface area contributed by atoms with Crippen LogP contribution in [-0.2, 0) is 28.7 Å². The van der Waals surface area contributed by atoms with Crippen LogP contribution in [0.4, 0.5) is 0 Å². The maximum Gasteiger partial charge on any atom is 0.313 e. The van der Waals surface area contributed by atoms with Crippen molar-refractivity contribution in [1.82, 2.24) is 15.1 Å². The Kier molecular flexibility index (Phi) is 9.87. The number of halogens is 1. The van der Waals surface area contributed by atoms with E-state index in [9.17, 15) is 24.3 Å². The van der Waals surface area contributed by atoms with E-state index in [-0.39, 0.29) is 30.9 Å². The summed E-state index contributed by atoms with van der Waals surface area (Å²) in [5.41, 5.74) is -1.28. The molecule has 3 amide bonds. The molecule has 4 aliphatic heterocycles. The van der Waals surface area contributed by atoms with Gasteiger partial charge in [-0.2, -0.15) is 0 Å². The molecule has 4 aliphatic rings. The molecule has 1 spiro atoms. The number of allylic oxidation sites excluding steroid dienone is 1. The van der Waals surface area contributed by atoms with Gasteiger partial charge in [0.25, 0.3) is 0 Å². The first-order valence-corrected chi connectivity index (χ1v) is 14.9. The minimum Gasteiger partial charge on any atom is -0.460 e. The number of carbonyl (C=O) groups is 4. The van der Waals surface area contributed by atoms with Gasteiger partial charge < -0.3 is 29.7 Å². The van der Waals surface area contributed by atoms with Crippen LogP contribution in [0.3, 0.4) is 0 Å². The zero-order valence-corrected chi connectivity index (χ0v) is 24.4. The quantitative estimate of drug-likeness (QED) is 0.245. The number of aliphatic hydroxyl groups is 1. The van der Waals surface area contributed by atoms with Crippen LogP contribution in [0.5, 0.6) is 0 Å². The summed E-state index contributed by atoms with van der Waals surface area (Å²) in [6.07, 6.45) is 8.72. The second-order valence-corrected chi connectivity index (χ2v) is 11.8. The van der Waals surface area contributed by atoms with Crippen LogP contribution < -0.4 is 5.32 Å². The highest BCUT2D eigenvalue weighted by Crippen LogP contribution is 2.58. The fourth-order valence-corrected chi connectivity index (χ4v) is 6.82. The fourth-order valence-electron chi connectivity index (χ4n) is 6.09. The van der Waals surface area contributed by atoms with E-state index in [1.807, 2.05) is 18.2 Å². The van der Waals surface area contributed by atoms with Crippen molar-refractivity contribution >= 4 is 39.6 Å². The Labute approximate surface area is 238 Å². The molecule has 0 aromatic heterocycles. The van der Waals surface area contributed by atoms with Crippen LogP contribution in [0.25, 0.3) is 0 Å². The molecule has 10 nitrogen and oxygen atoms in total. The van der Waals surface area contributed by atoms with Gasteiger partial charge >= 0.3 is 5.97 Å². The van der Waals surface area contributed by atoms with Crippen molar-refractivity contribution in [3.05, 3.63) is 22.7 Å². The molecule has 0 aromatic carbocycles. The number of unbranched alkanes of at least 4 members (excludes halogenated alkanes) is 3. The second kappa shape index (κ2) is 13.0. The summed E-state index contributed by atoms with van der Waals surface area (Å²) in [6, 6.07) is -0.916. The highest BCUT2D eigenvalue weighted by molar-refractivity contribution is 9.11. The average Bonchev–Trinajstić information content (AvgIpc) is 3.49. The van der Waals surface area contributed by atoms with E-state index < -0.39 is 41.7 Å². The maximum atomic E-state index is 14.3. The SMILES string of the molecule is CCCCN1C/C=C\CCC(=O)NC[C@H](C)OC(=O)[C@H]2[C@@H]3O[C@@]4(C=C3Br)[C@@H]2C(=O)N(CCCCCO)[C@@H]4C1=O. The van der Waals surface area contributed by atoms with Gasteiger partial charge in [0.2, 0.25) is 17.7 Å². The van der Waals surface area contributed by atoms with E-state index in [0.717, 1.165) is 12.8 Å². The Hall–Kier alpha value is -2.24. The summed E-state index contributed by atoms with van der Waals surface area (Å²) in [6.45, 7) is 5.17. The van der Waals surface area contributed by atoms with Crippen molar-refractivity contribution in [2.45, 2.75) is 82.6 Å². The number of esters is 1. The molecule has 216 valence electrons. The largest absolute Gasteiger partial charge is 0.460 e. The van der Waals surface area contributed by atoms with Gasteiger partial charge in [-0.25, -0.2) is 0 Å². The first-order valence-electron chi connectivity index (χ1n) is 14.1. The Bertz CT molecular complexity index is 1020. The first kappa shape index (κ1) is 29.7. The predicted molar refractivity (Wildman–Crippen MR) is 146 cm³/mol. The molecule has 2 fully saturated rings. The van der Waals surface area contributed by atoms with E-state index >= 15 is 0 Å². The third-order valence-corrected chi connectivity index (χ3v) is 8.70. The van der Waals surface area contributed by atoms with Gasteiger partial charge in [0, 0.05) is 37.1 Å². The van der Waals surface area contributed by atoms with Gasteiger partial charge in [0.1, 0.15) is 29.8 Å². The van der Waals surface area contributed by atoms with Gasteiger partial charge in [-0.3, -0.25) is 19.2 Å². The molecule has 2 saturated heterocycles. The smallest absolute Gasteiger partial charge is 0.313 e. The summed E-state index contributed by atoms with van der Waals surface area (Å²) in [4.78, 5) is 57.5. The predicted octanol–water partition coefficient (Wildman–Crippen LogP) is 2.05. The molecule has 0 aliphatic carbocycles. The van der Waals surface area contributed by atoms with E-state index in [0.29, 0.717) is 56.2 Å². The van der Waals surface area contributed by atoms with Crippen LogP contribution in [0, 0.1) is 11.8 Å². The third-order valence-electron chi connectivity index (χ3n) is 8.02. The third kappa shape index (κ3) is 5.95. The Balaban J connectivity index is 1.74. The van der Waals surface area contributed by atoms with Crippen molar-refractivity contribution < 1.29 is 33.8 Å². The Morgan fingerprint density at radius 1 is 1.10 bits per heavy atom. The standard InChI is InChI=1S/C28H40BrN3O7/c1-3-4-12-31-13-8-5-7-11-20(34)30-17-18(2)38-27(37)21-22-25(35)32(14-9-6-10-15-33)24(26(31)36)28(22)16-19(29)23(21)39-28/h5,8,16,18,21-24,33H,3-4,6-7,9-15,17H2,1-2H3,(H,30,34)/b8-5-/t18-,21+,22-,23+,24+,28-/m0/s1. The van der Waals surface area contributed by atoms with Crippen LogP contribution in [0.2, 0.25) is 0 Å². The summed E-state index contributed by atoms with van der Waals surface area (Å²) < 4.78 is 12.8. The van der Waals surface area contributed by atoms with E-state index in [2.05, 4.69) is 28.2 Å². The molecule has 39 heavy (non-hydrogen) atoms. The highest BCUT2D eigenvalue weighted by atomic mass is 79.9. The van der Waals surface area contributed by atoms with Gasteiger partial charge in [0.05, 0.1) is 12.5 Å². The van der Waals surface area contributed by atoms with Crippen molar-refractivity contribution in [1.29, 1.82) is 0 Å². The average molecular weight is 611 g/mol. The summed E-state index contributed by atoms with van der Waals surface area (Å²) in [5.74, 6) is -3.02. The Morgan fingerprint density at radius 2 is 1.90 bits per heavy atom. The number of nitrogens with one attached hydrogen (secondary N) is 1. The number of nitrogens with zero attached hydrogens (tertiary/aromatic N) is 2. The molecule has 2 N–H and O–H groups in total. The number of amides is 3. The monoisotopic (exact) mass is 609 g/mol. The summed E-state index contributed by atoms with van der Waals surface area (Å²) >= 11 is 3.55. The number of fused-ring (bicyclic) bond motifs is 2. The number of cyclic esters (lactones) is 1. The van der Waals surface area contributed by atoms with Crippen molar-refractivity contribution in [2.75, 3.05) is 32.8 Å². The minimum atomic E-state index is -1.28. The van der Waals surface area contributed by atoms with Gasteiger partial charge in [-0.1, -0.05) is 41.4 Å². The molecule has 0 radical (unpaired) electrons. The van der Waals surface area contributed by atoms with Gasteiger partial charge in [-0.05, 0) is 45.1 Å². The van der Waals surface area contributed by atoms with E-state index in [1.54, 1.807) is 16.7 Å². The maximum absolute atomic E-state index is 14.3. The lowest BCUT2D eigenvalue weighted by Crippen LogP contribution is -2.56. The molecule has 4 rings (SSSR count). The van der Waals surface area contributed by atoms with Crippen LogP contribution in [-0.4, -0.2) is 95.2 Å². The van der Waals surface area contributed by atoms with Crippen molar-refractivity contribution in [3.8, 4) is 0 Å². The lowest BCUT2D eigenvalue weighted by atomic mass is 9.74. The Morgan fingerprint density at radius 3 is 2.64 bits per heavy atom. The fraction of sp³-hybridized carbons (Fsp3) is 0.714. The van der Waals surface area contributed by atoms with E-state index in [1.165, 1.54) is 0 Å². The van der Waals surface area contributed by atoms with Crippen LogP contribution >= 0.6 is 15.9 Å². The number of likely N-dealkylation sites (tertiary alicyclic amines) is 1. The molecule has 6 atom stereocenters. The number of ether oxygens (including phenoxy) is 2. The number of aliphatic hydroxyl groups excluding tert-OH is 1. The summed E-state index contributed by atoms with van der Waals surface area (Å²) in [7, 11) is 0. The second-order valence-electron chi connectivity index (χ2n) is 10.8. The molecule has 0 saturated carbocycles. The number of hydrogen-bond donors (Lipinski definition) is 2. The van der Waals surface area contributed by atoms with E-state index in [4.69, 9.17) is 9.47 Å². The normalized spacial score (nSPS) is 34.2. The first-order chi connectivity index (χ1) is 18.7. The number of rotatable bonds is 8. The van der Waals surface area contributed by atoms with Gasteiger partial charge in [0.15, 0.2) is 0 Å². The lowest BCUT2D eigenvalue weighted by Gasteiger charge is -2.36. The van der Waals surface area contributed by atoms with Gasteiger partial charge in [-0.15, -0.1) is 0 Å². The lowest BCUT2D eigenvalue weighted by molar-refractivity contribution is -0.158. The van der Waals surface area contributed by atoms with Crippen molar-refractivity contribution in [2.24, 2.45) is 11.8 Å². The van der Waals surface area contributed by atoms with Crippen LogP contribution in [0.15, 0.2) is 22.7 Å². The van der Waals surface area contributed by atoms with Crippen molar-refractivity contribution in [3.63, 3.8) is 0 Å². The highest BCUT2D eigenvalue weighted by Gasteiger charge is 2.74. The zero-order chi connectivity index (χ0) is 28.2.